The van der Waals surface area contributed by atoms with Crippen molar-refractivity contribution in [2.75, 3.05) is 5.32 Å². The largest absolute Gasteiger partial charge is 0.460 e. The zero-order valence-electron chi connectivity index (χ0n) is 15.8. The lowest BCUT2D eigenvalue weighted by molar-refractivity contribution is -0.112. The number of halogens is 2. The van der Waals surface area contributed by atoms with Gasteiger partial charge >= 0.3 is 0 Å². The molecule has 0 radical (unpaired) electrons. The Balaban J connectivity index is 1.66. The molecule has 3 aromatic rings. The van der Waals surface area contributed by atoms with Crippen molar-refractivity contribution in [2.24, 2.45) is 0 Å². The fourth-order valence-electron chi connectivity index (χ4n) is 2.45. The number of nitrogens with one attached hydrogen (secondary N) is 2. The number of benzene rings is 2. The van der Waals surface area contributed by atoms with Crippen LogP contribution in [-0.2, 0) is 21.4 Å². The van der Waals surface area contributed by atoms with Gasteiger partial charge in [0.15, 0.2) is 0 Å². The number of rotatable bonds is 7. The van der Waals surface area contributed by atoms with Gasteiger partial charge in [0.25, 0.3) is 5.91 Å². The molecule has 0 aliphatic rings. The summed E-state index contributed by atoms with van der Waals surface area (Å²) in [7, 11) is -3.73. The van der Waals surface area contributed by atoms with E-state index in [4.69, 9.17) is 4.42 Å². The van der Waals surface area contributed by atoms with Crippen molar-refractivity contribution in [1.29, 1.82) is 5.26 Å². The van der Waals surface area contributed by atoms with Gasteiger partial charge in [-0.15, -0.1) is 0 Å². The lowest BCUT2D eigenvalue weighted by atomic mass is 10.2. The summed E-state index contributed by atoms with van der Waals surface area (Å²) in [5, 5.41) is 11.7. The molecule has 0 aliphatic heterocycles. The molecule has 2 aromatic carbocycles. The summed E-state index contributed by atoms with van der Waals surface area (Å²) < 4.78 is 46.3. The van der Waals surface area contributed by atoms with Crippen LogP contribution in [0.1, 0.15) is 11.5 Å². The molecular weight excluding hydrogens is 489 g/mol. The Morgan fingerprint density at radius 3 is 2.42 bits per heavy atom. The molecule has 1 heterocycles. The highest BCUT2D eigenvalue weighted by atomic mass is 79.9. The van der Waals surface area contributed by atoms with Gasteiger partial charge in [-0.2, -0.15) is 5.26 Å². The molecule has 0 saturated carbocycles. The standard InChI is InChI=1S/C21H15BrFN3O4S/c22-15-1-9-20(10-2-15)31(28,29)25-13-19-8-7-18(30-19)11-14(12-24)21(27)26-17-5-3-16(23)4-6-17/h1-11,25H,13H2,(H,26,27)/b14-11-. The van der Waals surface area contributed by atoms with Crippen molar-refractivity contribution in [1.82, 2.24) is 4.72 Å². The molecule has 3 rings (SSSR count). The van der Waals surface area contributed by atoms with Crippen LogP contribution in [0, 0.1) is 17.1 Å². The second-order valence-corrected chi connectivity index (χ2v) is 8.90. The summed E-state index contributed by atoms with van der Waals surface area (Å²) >= 11 is 3.25. The number of hydrogen-bond acceptors (Lipinski definition) is 5. The minimum Gasteiger partial charge on any atom is -0.460 e. The molecule has 0 fully saturated rings. The summed E-state index contributed by atoms with van der Waals surface area (Å²) in [4.78, 5) is 12.3. The first-order valence-corrected chi connectivity index (χ1v) is 11.1. The number of hydrogen-bond donors (Lipinski definition) is 2. The van der Waals surface area contributed by atoms with E-state index in [-0.39, 0.29) is 22.8 Å². The number of carbonyl (C=O) groups is 1. The molecule has 7 nitrogen and oxygen atoms in total. The molecule has 0 aliphatic carbocycles. The number of anilines is 1. The normalized spacial score (nSPS) is 11.7. The highest BCUT2D eigenvalue weighted by Crippen LogP contribution is 2.17. The number of nitriles is 1. The van der Waals surface area contributed by atoms with Gasteiger partial charge in [-0.05, 0) is 60.7 Å². The van der Waals surface area contributed by atoms with Crippen LogP contribution in [0.3, 0.4) is 0 Å². The molecule has 10 heteroatoms. The fraction of sp³-hybridized carbons (Fsp3) is 0.0476. The second-order valence-electron chi connectivity index (χ2n) is 6.21. The number of sulfonamides is 1. The third-order valence-corrected chi connectivity index (χ3v) is 5.94. The zero-order valence-corrected chi connectivity index (χ0v) is 18.2. The lowest BCUT2D eigenvalue weighted by Gasteiger charge is -2.05. The van der Waals surface area contributed by atoms with E-state index < -0.39 is 21.7 Å². The van der Waals surface area contributed by atoms with Crippen molar-refractivity contribution in [3.8, 4) is 6.07 Å². The summed E-state index contributed by atoms with van der Waals surface area (Å²) in [5.74, 6) is -0.650. The van der Waals surface area contributed by atoms with E-state index in [0.29, 0.717) is 11.4 Å². The van der Waals surface area contributed by atoms with E-state index >= 15 is 0 Å². The Kier molecular flexibility index (Phi) is 7.02. The quantitative estimate of drug-likeness (QED) is 0.370. The fourth-order valence-corrected chi connectivity index (χ4v) is 3.71. The van der Waals surface area contributed by atoms with E-state index in [1.807, 2.05) is 0 Å². The average Bonchev–Trinajstić information content (AvgIpc) is 3.20. The van der Waals surface area contributed by atoms with Crippen molar-refractivity contribution >= 4 is 43.6 Å². The van der Waals surface area contributed by atoms with Gasteiger partial charge in [0.05, 0.1) is 11.4 Å². The first-order chi connectivity index (χ1) is 14.8. The Morgan fingerprint density at radius 1 is 1.10 bits per heavy atom. The molecule has 0 atom stereocenters. The Bertz CT molecular complexity index is 1260. The van der Waals surface area contributed by atoms with E-state index in [1.165, 1.54) is 54.6 Å². The van der Waals surface area contributed by atoms with Crippen LogP contribution in [-0.4, -0.2) is 14.3 Å². The van der Waals surface area contributed by atoms with Crippen LogP contribution in [0.5, 0.6) is 0 Å². The average molecular weight is 504 g/mol. The molecule has 0 bridgehead atoms. The molecule has 31 heavy (non-hydrogen) atoms. The van der Waals surface area contributed by atoms with Gasteiger partial charge in [0.2, 0.25) is 10.0 Å². The van der Waals surface area contributed by atoms with E-state index in [2.05, 4.69) is 26.0 Å². The molecule has 0 saturated heterocycles. The smallest absolute Gasteiger partial charge is 0.266 e. The third kappa shape index (κ3) is 6.11. The maximum Gasteiger partial charge on any atom is 0.266 e. The van der Waals surface area contributed by atoms with Gasteiger partial charge in [-0.3, -0.25) is 4.79 Å². The molecule has 158 valence electrons. The maximum absolute atomic E-state index is 13.0. The number of amides is 1. The maximum atomic E-state index is 13.0. The van der Waals surface area contributed by atoms with Crippen molar-refractivity contribution in [2.45, 2.75) is 11.4 Å². The SMILES string of the molecule is N#C/C(=C/c1ccc(CNS(=O)(=O)c2ccc(Br)cc2)o1)C(=O)Nc1ccc(F)cc1. The van der Waals surface area contributed by atoms with Gasteiger partial charge < -0.3 is 9.73 Å². The Morgan fingerprint density at radius 2 is 1.77 bits per heavy atom. The van der Waals surface area contributed by atoms with Crippen LogP contribution in [0.4, 0.5) is 10.1 Å². The molecule has 2 N–H and O–H groups in total. The van der Waals surface area contributed by atoms with Crippen LogP contribution < -0.4 is 10.0 Å². The summed E-state index contributed by atoms with van der Waals surface area (Å²) in [6.45, 7) is -0.115. The molecule has 0 spiro atoms. The first-order valence-electron chi connectivity index (χ1n) is 8.79. The van der Waals surface area contributed by atoms with Gasteiger partial charge in [-0.1, -0.05) is 15.9 Å². The Labute approximate surface area is 186 Å². The van der Waals surface area contributed by atoms with Crippen molar-refractivity contribution < 1.29 is 22.0 Å². The van der Waals surface area contributed by atoms with E-state index in [0.717, 1.165) is 4.47 Å². The highest BCUT2D eigenvalue weighted by molar-refractivity contribution is 9.10. The monoisotopic (exact) mass is 503 g/mol. The second kappa shape index (κ2) is 9.70. The molecule has 0 unspecified atom stereocenters. The van der Waals surface area contributed by atoms with Crippen LogP contribution in [0.2, 0.25) is 0 Å². The number of furan rings is 1. The third-order valence-electron chi connectivity index (χ3n) is 4.00. The van der Waals surface area contributed by atoms with Crippen molar-refractivity contribution in [3.63, 3.8) is 0 Å². The van der Waals surface area contributed by atoms with Crippen LogP contribution in [0.25, 0.3) is 6.08 Å². The molecule has 1 aromatic heterocycles. The highest BCUT2D eigenvalue weighted by Gasteiger charge is 2.15. The summed E-state index contributed by atoms with van der Waals surface area (Å²) in [6, 6.07) is 16.1. The Hall–Kier alpha value is -3.26. The first kappa shape index (κ1) is 22.4. The van der Waals surface area contributed by atoms with E-state index in [1.54, 1.807) is 18.2 Å². The minimum atomic E-state index is -3.73. The zero-order chi connectivity index (χ0) is 22.4. The number of nitrogens with zero attached hydrogens (tertiary/aromatic N) is 1. The summed E-state index contributed by atoms with van der Waals surface area (Å²) in [6.07, 6.45) is 1.23. The van der Waals surface area contributed by atoms with Gasteiger partial charge in [0, 0.05) is 16.2 Å². The predicted molar refractivity (Wildman–Crippen MR) is 115 cm³/mol. The predicted octanol–water partition coefficient (Wildman–Crippen LogP) is 4.21. The van der Waals surface area contributed by atoms with E-state index in [9.17, 15) is 22.9 Å². The van der Waals surface area contributed by atoms with Gasteiger partial charge in [0.1, 0.15) is 29.0 Å². The summed E-state index contributed by atoms with van der Waals surface area (Å²) in [5.41, 5.74) is 0.0932. The molecular formula is C21H15BrFN3O4S. The van der Waals surface area contributed by atoms with Crippen molar-refractivity contribution in [3.05, 3.63) is 88.0 Å². The lowest BCUT2D eigenvalue weighted by Crippen LogP contribution is -2.22. The topological polar surface area (TPSA) is 112 Å². The van der Waals surface area contributed by atoms with Gasteiger partial charge in [-0.25, -0.2) is 17.5 Å². The van der Waals surface area contributed by atoms with Crippen LogP contribution in [0.15, 0.2) is 80.0 Å². The number of carbonyl (C=O) groups excluding carboxylic acids is 1. The molecule has 1 amide bonds. The van der Waals surface area contributed by atoms with Crippen LogP contribution >= 0.6 is 15.9 Å². The minimum absolute atomic E-state index is 0.103.